The van der Waals surface area contributed by atoms with Gasteiger partial charge in [0.25, 0.3) is 0 Å². The van der Waals surface area contributed by atoms with Crippen molar-refractivity contribution >= 4 is 22.4 Å². The Kier molecular flexibility index (Phi) is 9.13. The fourth-order valence-corrected chi connectivity index (χ4v) is 1.67. The van der Waals surface area contributed by atoms with Crippen LogP contribution in [0, 0.1) is 5.92 Å². The van der Waals surface area contributed by atoms with Crippen molar-refractivity contribution in [3.05, 3.63) is 0 Å². The highest BCUT2D eigenvalue weighted by Crippen LogP contribution is 2.20. The Morgan fingerprint density at radius 2 is 2.06 bits per heavy atom. The number of carbonyl (C=O) groups excluding carboxylic acids is 2. The molecule has 4 nitrogen and oxygen atoms in total. The molecule has 1 aliphatic heterocycles. The molecule has 16 heavy (non-hydrogen) atoms. The molecule has 0 aliphatic carbocycles. The molecular formula is C11H22O4Si. The summed E-state index contributed by atoms with van der Waals surface area (Å²) in [7, 11) is 0.903. The van der Waals surface area contributed by atoms with Crippen LogP contribution in [0.3, 0.4) is 0 Å². The molecule has 0 aromatic carbocycles. The number of hydrogen-bond donors (Lipinski definition) is 0. The predicted octanol–water partition coefficient (Wildman–Crippen LogP) is 0.960. The minimum Gasteiger partial charge on any atom is -0.428 e. The third kappa shape index (κ3) is 6.74. The summed E-state index contributed by atoms with van der Waals surface area (Å²) in [4.78, 5) is 21.2. The minimum absolute atomic E-state index is 0.155. The fraction of sp³-hybridized carbons (Fsp3) is 0.818. The van der Waals surface area contributed by atoms with Gasteiger partial charge in [-0.1, -0.05) is 26.7 Å². The molecule has 1 aliphatic rings. The Balaban J connectivity index is 0.000000325. The fourth-order valence-electron chi connectivity index (χ4n) is 1.38. The zero-order chi connectivity index (χ0) is 12.4. The molecule has 0 radical (unpaired) electrons. The van der Waals surface area contributed by atoms with Crippen molar-refractivity contribution in [2.45, 2.75) is 46.0 Å². The first kappa shape index (κ1) is 15.3. The van der Waals surface area contributed by atoms with E-state index in [4.69, 9.17) is 4.43 Å². The molecular weight excluding hydrogens is 224 g/mol. The quantitative estimate of drug-likeness (QED) is 0.314. The van der Waals surface area contributed by atoms with Gasteiger partial charge < -0.3 is 9.16 Å². The van der Waals surface area contributed by atoms with Crippen molar-refractivity contribution in [3.8, 4) is 0 Å². The number of ether oxygens (including phenoxy) is 1. The largest absolute Gasteiger partial charge is 0.428 e. The second kappa shape index (κ2) is 9.54. The molecule has 5 heteroatoms. The Bertz CT molecular complexity index is 214. The van der Waals surface area contributed by atoms with E-state index in [1.807, 2.05) is 6.92 Å². The van der Waals surface area contributed by atoms with E-state index in [1.54, 1.807) is 0 Å². The second-order valence-electron chi connectivity index (χ2n) is 3.83. The Morgan fingerprint density at radius 3 is 2.38 bits per heavy atom. The molecule has 1 atom stereocenters. The first-order valence-corrected chi connectivity index (χ1v) is 6.70. The van der Waals surface area contributed by atoms with E-state index in [1.165, 1.54) is 12.8 Å². The Labute approximate surface area is 100 Å². The van der Waals surface area contributed by atoms with Crippen LogP contribution in [-0.2, 0) is 18.8 Å². The number of hydrogen-bond acceptors (Lipinski definition) is 4. The summed E-state index contributed by atoms with van der Waals surface area (Å²) in [5.74, 6) is -0.868. The normalized spacial score (nSPS) is 19.2. The maximum absolute atomic E-state index is 10.7. The van der Waals surface area contributed by atoms with Gasteiger partial charge in [0.2, 0.25) is 0 Å². The van der Waals surface area contributed by atoms with Crippen LogP contribution < -0.4 is 0 Å². The highest BCUT2D eigenvalue weighted by molar-refractivity contribution is 5.97. The van der Waals surface area contributed by atoms with E-state index in [0.29, 0.717) is 0 Å². The highest BCUT2D eigenvalue weighted by atomic mass is 28.2. The van der Waals surface area contributed by atoms with Gasteiger partial charge in [-0.3, -0.25) is 9.59 Å². The number of cyclic esters (lactones) is 2. The molecule has 1 saturated heterocycles. The molecule has 0 spiro atoms. The molecule has 1 unspecified atom stereocenters. The lowest BCUT2D eigenvalue weighted by atomic mass is 10.0. The number of unbranched alkanes of at least 4 members (excludes halogenated alkanes) is 1. The summed E-state index contributed by atoms with van der Waals surface area (Å²) in [5, 5.41) is 0. The van der Waals surface area contributed by atoms with E-state index in [0.717, 1.165) is 29.9 Å². The number of esters is 2. The monoisotopic (exact) mass is 246 g/mol. The van der Waals surface area contributed by atoms with E-state index in [-0.39, 0.29) is 24.3 Å². The maximum atomic E-state index is 10.7. The predicted molar refractivity (Wildman–Crippen MR) is 64.9 cm³/mol. The van der Waals surface area contributed by atoms with Gasteiger partial charge in [0.05, 0.1) is 12.3 Å². The van der Waals surface area contributed by atoms with Crippen LogP contribution in [0.25, 0.3) is 0 Å². The molecule has 0 aromatic rings. The summed E-state index contributed by atoms with van der Waals surface area (Å²) in [6, 6.07) is 0. The Morgan fingerprint density at radius 1 is 1.38 bits per heavy atom. The molecule has 0 amide bonds. The molecule has 1 rings (SSSR count). The summed E-state index contributed by atoms with van der Waals surface area (Å²) < 4.78 is 9.27. The van der Waals surface area contributed by atoms with Crippen molar-refractivity contribution in [1.29, 1.82) is 0 Å². The lowest BCUT2D eigenvalue weighted by Gasteiger charge is -1.97. The van der Waals surface area contributed by atoms with Crippen LogP contribution in [0.15, 0.2) is 0 Å². The van der Waals surface area contributed by atoms with E-state index in [9.17, 15) is 9.59 Å². The average Bonchev–Trinajstić information content (AvgIpc) is 2.56. The molecule has 0 bridgehead atoms. The van der Waals surface area contributed by atoms with Gasteiger partial charge in [0.15, 0.2) is 0 Å². The summed E-state index contributed by atoms with van der Waals surface area (Å²) in [6.07, 6.45) is 4.45. The van der Waals surface area contributed by atoms with Gasteiger partial charge in [0.1, 0.15) is 10.5 Å². The summed E-state index contributed by atoms with van der Waals surface area (Å²) >= 11 is 0. The molecule has 0 N–H and O–H groups in total. The zero-order valence-corrected chi connectivity index (χ0v) is 12.5. The minimum atomic E-state index is -0.372. The van der Waals surface area contributed by atoms with Gasteiger partial charge in [0, 0.05) is 6.61 Å². The van der Waals surface area contributed by atoms with Gasteiger partial charge in [-0.15, -0.1) is 0 Å². The highest BCUT2D eigenvalue weighted by Gasteiger charge is 2.32. The molecule has 0 aromatic heterocycles. The van der Waals surface area contributed by atoms with Gasteiger partial charge in [-0.25, -0.2) is 0 Å². The first-order chi connectivity index (χ1) is 7.65. The van der Waals surface area contributed by atoms with Crippen molar-refractivity contribution in [2.75, 3.05) is 6.61 Å². The number of carbonyl (C=O) groups is 2. The van der Waals surface area contributed by atoms with Crippen LogP contribution >= 0.6 is 0 Å². The zero-order valence-electron chi connectivity index (χ0n) is 10.5. The Hall–Kier alpha value is -0.683. The topological polar surface area (TPSA) is 52.6 Å². The first-order valence-electron chi connectivity index (χ1n) is 5.89. The molecule has 94 valence electrons. The van der Waals surface area contributed by atoms with Gasteiger partial charge >= 0.3 is 11.9 Å². The third-order valence-corrected chi connectivity index (χ3v) is 2.71. The van der Waals surface area contributed by atoms with Crippen molar-refractivity contribution in [3.63, 3.8) is 0 Å². The maximum Gasteiger partial charge on any atom is 0.317 e. The lowest BCUT2D eigenvalue weighted by molar-refractivity contribution is -0.153. The van der Waals surface area contributed by atoms with Crippen molar-refractivity contribution < 1.29 is 18.8 Å². The second-order valence-corrected chi connectivity index (χ2v) is 4.41. The van der Waals surface area contributed by atoms with Crippen LogP contribution in [0.5, 0.6) is 0 Å². The third-order valence-electron chi connectivity index (χ3n) is 2.30. The van der Waals surface area contributed by atoms with E-state index in [2.05, 4.69) is 11.7 Å². The SMILES string of the molecule is CCCC1CC(=O)OC1=O.CCCCO[SiH3]. The van der Waals surface area contributed by atoms with E-state index < -0.39 is 0 Å². The summed E-state index contributed by atoms with van der Waals surface area (Å²) in [5.41, 5.74) is 0. The molecule has 1 fully saturated rings. The van der Waals surface area contributed by atoms with Gasteiger partial charge in [-0.2, -0.15) is 0 Å². The lowest BCUT2D eigenvalue weighted by Crippen LogP contribution is -2.06. The van der Waals surface area contributed by atoms with Crippen LogP contribution in [0.1, 0.15) is 46.0 Å². The smallest absolute Gasteiger partial charge is 0.317 e. The van der Waals surface area contributed by atoms with Crippen LogP contribution in [-0.4, -0.2) is 29.0 Å². The van der Waals surface area contributed by atoms with Crippen molar-refractivity contribution in [1.82, 2.24) is 0 Å². The standard InChI is InChI=1S/C7H10O3.C4H12OSi/c1-2-3-5-4-6(8)10-7(5)9;1-2-3-4-5-6/h5H,2-4H2,1H3;2-4H2,1,6H3. The van der Waals surface area contributed by atoms with Crippen molar-refractivity contribution in [2.24, 2.45) is 5.92 Å². The average molecular weight is 246 g/mol. The molecule has 1 heterocycles. The van der Waals surface area contributed by atoms with Crippen LogP contribution in [0.4, 0.5) is 0 Å². The van der Waals surface area contributed by atoms with Gasteiger partial charge in [-0.05, 0) is 12.8 Å². The van der Waals surface area contributed by atoms with E-state index >= 15 is 0 Å². The molecule has 0 saturated carbocycles. The van der Waals surface area contributed by atoms with Crippen LogP contribution in [0.2, 0.25) is 0 Å². The summed E-state index contributed by atoms with van der Waals surface area (Å²) in [6.45, 7) is 5.12. The number of rotatable bonds is 5.